The van der Waals surface area contributed by atoms with Crippen molar-refractivity contribution in [2.75, 3.05) is 5.73 Å². The second kappa shape index (κ2) is 4.70. The molecule has 0 amide bonds. The highest BCUT2D eigenvalue weighted by Gasteiger charge is 2.16. The van der Waals surface area contributed by atoms with Gasteiger partial charge in [-0.3, -0.25) is 0 Å². The van der Waals surface area contributed by atoms with E-state index in [0.29, 0.717) is 11.1 Å². The number of nitrogens with two attached hydrogens (primary N) is 1. The number of rotatable bonds is 1. The number of fused-ring (bicyclic) bond motifs is 2. The van der Waals surface area contributed by atoms with E-state index in [1.54, 1.807) is 6.07 Å². The minimum Gasteiger partial charge on any atom is -0.383 e. The molecule has 0 unspecified atom stereocenters. The number of nitrogens with one attached hydrogen (secondary N) is 1. The van der Waals surface area contributed by atoms with Gasteiger partial charge < -0.3 is 10.7 Å². The lowest BCUT2D eigenvalue weighted by atomic mass is 10.1. The average Bonchev–Trinajstić information content (AvgIpc) is 2.90. The summed E-state index contributed by atoms with van der Waals surface area (Å²) in [5.74, 6) is -1.82. The molecular formula is C16H9F3N4. The fourth-order valence-electron chi connectivity index (χ4n) is 2.63. The molecule has 7 heteroatoms. The van der Waals surface area contributed by atoms with Crippen LogP contribution in [-0.4, -0.2) is 15.0 Å². The van der Waals surface area contributed by atoms with Gasteiger partial charge in [-0.25, -0.2) is 23.1 Å². The van der Waals surface area contributed by atoms with E-state index in [-0.39, 0.29) is 27.9 Å². The first-order valence-corrected chi connectivity index (χ1v) is 6.73. The maximum Gasteiger partial charge on any atom is 0.164 e. The summed E-state index contributed by atoms with van der Waals surface area (Å²) in [5, 5.41) is 0.408. The van der Waals surface area contributed by atoms with Crippen molar-refractivity contribution in [2.24, 2.45) is 0 Å². The minimum atomic E-state index is -0.717. The SMILES string of the molecule is Nc1nc(-c2c[nH]c3c(F)cc(F)cc23)nc2cccc(F)c12. The Morgan fingerprint density at radius 3 is 2.65 bits per heavy atom. The molecule has 0 saturated heterocycles. The van der Waals surface area contributed by atoms with Crippen molar-refractivity contribution in [3.8, 4) is 11.4 Å². The molecule has 0 aliphatic heterocycles. The number of anilines is 1. The third-order valence-corrected chi connectivity index (χ3v) is 3.65. The van der Waals surface area contributed by atoms with Crippen molar-refractivity contribution in [2.45, 2.75) is 0 Å². The highest BCUT2D eigenvalue weighted by Crippen LogP contribution is 2.31. The van der Waals surface area contributed by atoms with Crippen molar-refractivity contribution in [1.82, 2.24) is 15.0 Å². The molecule has 0 aliphatic carbocycles. The van der Waals surface area contributed by atoms with Crippen LogP contribution in [0, 0.1) is 17.5 Å². The summed E-state index contributed by atoms with van der Waals surface area (Å²) in [6.45, 7) is 0. The lowest BCUT2D eigenvalue weighted by Crippen LogP contribution is -1.99. The first-order valence-electron chi connectivity index (χ1n) is 6.73. The van der Waals surface area contributed by atoms with E-state index in [9.17, 15) is 13.2 Å². The minimum absolute atomic E-state index is 0.0330. The van der Waals surface area contributed by atoms with Crippen LogP contribution in [0.4, 0.5) is 19.0 Å². The normalized spacial score (nSPS) is 11.4. The Hall–Kier alpha value is -3.09. The summed E-state index contributed by atoms with van der Waals surface area (Å²) in [5.41, 5.74) is 6.66. The number of aromatic nitrogens is 3. The monoisotopic (exact) mass is 314 g/mol. The lowest BCUT2D eigenvalue weighted by molar-refractivity contribution is 0.591. The predicted octanol–water partition coefficient (Wildman–Crippen LogP) is 3.78. The smallest absolute Gasteiger partial charge is 0.164 e. The van der Waals surface area contributed by atoms with Gasteiger partial charge in [0.25, 0.3) is 0 Å². The molecule has 0 bridgehead atoms. The van der Waals surface area contributed by atoms with Gasteiger partial charge in [-0.15, -0.1) is 0 Å². The molecule has 4 nitrogen and oxygen atoms in total. The van der Waals surface area contributed by atoms with Gasteiger partial charge in [0, 0.05) is 23.2 Å². The molecule has 2 heterocycles. The zero-order valence-electron chi connectivity index (χ0n) is 11.6. The van der Waals surface area contributed by atoms with Gasteiger partial charge in [0.1, 0.15) is 23.3 Å². The highest BCUT2D eigenvalue weighted by molar-refractivity contribution is 5.96. The molecule has 0 atom stereocenters. The Bertz CT molecular complexity index is 1070. The second-order valence-electron chi connectivity index (χ2n) is 5.08. The summed E-state index contributed by atoms with van der Waals surface area (Å²) in [6, 6.07) is 6.32. The molecular weight excluding hydrogens is 305 g/mol. The van der Waals surface area contributed by atoms with Crippen LogP contribution in [0.2, 0.25) is 0 Å². The van der Waals surface area contributed by atoms with Crippen molar-refractivity contribution < 1.29 is 13.2 Å². The van der Waals surface area contributed by atoms with Gasteiger partial charge in [-0.2, -0.15) is 0 Å². The number of H-pyrrole nitrogens is 1. The van der Waals surface area contributed by atoms with Crippen LogP contribution >= 0.6 is 0 Å². The maximum atomic E-state index is 13.8. The molecule has 0 saturated carbocycles. The lowest BCUT2D eigenvalue weighted by Gasteiger charge is -2.05. The van der Waals surface area contributed by atoms with Crippen molar-refractivity contribution in [1.29, 1.82) is 0 Å². The molecule has 0 fully saturated rings. The molecule has 3 N–H and O–H groups in total. The Morgan fingerprint density at radius 1 is 1.00 bits per heavy atom. The molecule has 0 radical (unpaired) electrons. The van der Waals surface area contributed by atoms with E-state index < -0.39 is 17.5 Å². The first-order chi connectivity index (χ1) is 11.0. The Balaban J connectivity index is 2.03. The summed E-state index contributed by atoms with van der Waals surface area (Å²) in [4.78, 5) is 11.1. The topological polar surface area (TPSA) is 67.6 Å². The third-order valence-electron chi connectivity index (χ3n) is 3.65. The van der Waals surface area contributed by atoms with Gasteiger partial charge in [0.2, 0.25) is 0 Å². The molecule has 114 valence electrons. The number of aromatic amines is 1. The zero-order valence-corrected chi connectivity index (χ0v) is 11.6. The Kier molecular flexibility index (Phi) is 2.77. The number of nitrogens with zero attached hydrogens (tertiary/aromatic N) is 2. The van der Waals surface area contributed by atoms with E-state index in [1.165, 1.54) is 24.4 Å². The quantitative estimate of drug-likeness (QED) is 0.562. The number of benzene rings is 2. The maximum absolute atomic E-state index is 13.8. The molecule has 2 aromatic carbocycles. The van der Waals surface area contributed by atoms with Gasteiger partial charge in [0.05, 0.1) is 16.4 Å². The molecule has 4 aromatic rings. The number of nitrogen functional groups attached to an aromatic ring is 1. The molecule has 2 aromatic heterocycles. The van der Waals surface area contributed by atoms with Crippen LogP contribution in [0.15, 0.2) is 36.5 Å². The van der Waals surface area contributed by atoms with Crippen LogP contribution < -0.4 is 5.73 Å². The van der Waals surface area contributed by atoms with Crippen molar-refractivity contribution >= 4 is 27.6 Å². The molecule has 0 spiro atoms. The number of hydrogen-bond donors (Lipinski definition) is 2. The van der Waals surface area contributed by atoms with Crippen LogP contribution in [0.25, 0.3) is 33.2 Å². The number of halogens is 3. The molecule has 4 rings (SSSR count). The summed E-state index contributed by atoms with van der Waals surface area (Å²) < 4.78 is 41.1. The van der Waals surface area contributed by atoms with Crippen LogP contribution in [0.3, 0.4) is 0 Å². The first kappa shape index (κ1) is 13.6. The fraction of sp³-hybridized carbons (Fsp3) is 0. The van der Waals surface area contributed by atoms with Gasteiger partial charge in [-0.1, -0.05) is 6.07 Å². The fourth-order valence-corrected chi connectivity index (χ4v) is 2.63. The predicted molar refractivity (Wildman–Crippen MR) is 81.1 cm³/mol. The highest BCUT2D eigenvalue weighted by atomic mass is 19.1. The molecule has 23 heavy (non-hydrogen) atoms. The van der Waals surface area contributed by atoms with Crippen LogP contribution in [0.1, 0.15) is 0 Å². The average molecular weight is 314 g/mol. The van der Waals surface area contributed by atoms with Gasteiger partial charge in [-0.05, 0) is 18.2 Å². The van der Waals surface area contributed by atoms with Crippen molar-refractivity contribution in [3.05, 3.63) is 54.0 Å². The van der Waals surface area contributed by atoms with Gasteiger partial charge in [0.15, 0.2) is 5.82 Å². The number of hydrogen-bond acceptors (Lipinski definition) is 3. The standard InChI is InChI=1S/C16H9F3N4/c17-7-4-8-9(6-21-14(8)11(19)5-7)16-22-12-3-1-2-10(18)13(12)15(20)23-16/h1-6,21H,(H2,20,22,23). The van der Waals surface area contributed by atoms with Crippen LogP contribution in [-0.2, 0) is 0 Å². The van der Waals surface area contributed by atoms with E-state index >= 15 is 0 Å². The largest absolute Gasteiger partial charge is 0.383 e. The van der Waals surface area contributed by atoms with Crippen molar-refractivity contribution in [3.63, 3.8) is 0 Å². The zero-order chi connectivity index (χ0) is 16.1. The summed E-state index contributed by atoms with van der Waals surface area (Å²) in [6.07, 6.45) is 1.47. The summed E-state index contributed by atoms with van der Waals surface area (Å²) in [7, 11) is 0. The third kappa shape index (κ3) is 2.01. The van der Waals surface area contributed by atoms with E-state index in [4.69, 9.17) is 5.73 Å². The second-order valence-corrected chi connectivity index (χ2v) is 5.08. The Labute approximate surface area is 127 Å². The van der Waals surface area contributed by atoms with Gasteiger partial charge >= 0.3 is 0 Å². The van der Waals surface area contributed by atoms with E-state index in [2.05, 4.69) is 15.0 Å². The summed E-state index contributed by atoms with van der Waals surface area (Å²) >= 11 is 0. The van der Waals surface area contributed by atoms with Crippen LogP contribution in [0.5, 0.6) is 0 Å². The van der Waals surface area contributed by atoms with E-state index in [1.807, 2.05) is 0 Å². The Morgan fingerprint density at radius 2 is 1.83 bits per heavy atom. The van der Waals surface area contributed by atoms with E-state index in [0.717, 1.165) is 6.07 Å². The molecule has 0 aliphatic rings.